The molecule has 0 aromatic rings. The van der Waals surface area contributed by atoms with E-state index in [2.05, 4.69) is 0 Å². The Morgan fingerprint density at radius 3 is 2.27 bits per heavy atom. The molecular weight excluding hydrogens is 142 g/mol. The quantitative estimate of drug-likeness (QED) is 0.618. The number of hydrogen-bond donors (Lipinski definition) is 0. The first-order valence-electron chi connectivity index (χ1n) is 3.53. The molecule has 0 bridgehead atoms. The molecule has 0 saturated heterocycles. The van der Waals surface area contributed by atoms with Gasteiger partial charge in [-0.3, -0.25) is 0 Å². The topological polar surface area (TPSA) is 42.2 Å². The van der Waals surface area contributed by atoms with Gasteiger partial charge in [-0.1, -0.05) is 0 Å². The van der Waals surface area contributed by atoms with E-state index in [9.17, 15) is 0 Å². The molecule has 0 aliphatic carbocycles. The average Bonchev–Trinajstić information content (AvgIpc) is 2.00. The molecule has 0 spiro atoms. The molecule has 3 heteroatoms. The SMILES string of the molecule is COC(C#N)CC(C)(C)OC. The fourth-order valence-corrected chi connectivity index (χ4v) is 0.711. The lowest BCUT2D eigenvalue weighted by molar-refractivity contribution is -0.0173. The fraction of sp³-hybridized carbons (Fsp3) is 0.875. The zero-order chi connectivity index (χ0) is 8.91. The van der Waals surface area contributed by atoms with Gasteiger partial charge in [0.25, 0.3) is 0 Å². The van der Waals surface area contributed by atoms with Crippen LogP contribution in [0.25, 0.3) is 0 Å². The molecule has 0 heterocycles. The Balaban J connectivity index is 3.92. The third kappa shape index (κ3) is 3.97. The standard InChI is InChI=1S/C8H15NO2/c1-8(2,11-4)5-7(6-9)10-3/h7H,5H2,1-4H3. The smallest absolute Gasteiger partial charge is 0.146 e. The van der Waals surface area contributed by atoms with Gasteiger partial charge in [0.1, 0.15) is 6.10 Å². The number of rotatable bonds is 4. The summed E-state index contributed by atoms with van der Waals surface area (Å²) in [7, 11) is 3.16. The van der Waals surface area contributed by atoms with Crippen LogP contribution in [-0.4, -0.2) is 25.9 Å². The molecule has 3 nitrogen and oxygen atoms in total. The summed E-state index contributed by atoms with van der Waals surface area (Å²) in [4.78, 5) is 0. The first kappa shape index (κ1) is 10.4. The maximum Gasteiger partial charge on any atom is 0.146 e. The van der Waals surface area contributed by atoms with Gasteiger partial charge in [-0.2, -0.15) is 5.26 Å². The van der Waals surface area contributed by atoms with Crippen molar-refractivity contribution in [3.8, 4) is 6.07 Å². The van der Waals surface area contributed by atoms with E-state index >= 15 is 0 Å². The summed E-state index contributed by atoms with van der Waals surface area (Å²) in [6.07, 6.45) is 0.223. The van der Waals surface area contributed by atoms with E-state index in [1.165, 1.54) is 7.11 Å². The van der Waals surface area contributed by atoms with Gasteiger partial charge in [0.15, 0.2) is 0 Å². The van der Waals surface area contributed by atoms with E-state index < -0.39 is 0 Å². The Kier molecular flexibility index (Phi) is 4.09. The predicted octanol–water partition coefficient (Wildman–Crippen LogP) is 1.34. The normalized spacial score (nSPS) is 14.1. The molecule has 1 atom stereocenters. The van der Waals surface area contributed by atoms with Gasteiger partial charge < -0.3 is 9.47 Å². The zero-order valence-electron chi connectivity index (χ0n) is 7.55. The van der Waals surface area contributed by atoms with Crippen LogP contribution in [0.5, 0.6) is 0 Å². The molecule has 0 amide bonds. The van der Waals surface area contributed by atoms with E-state index in [4.69, 9.17) is 14.7 Å². The van der Waals surface area contributed by atoms with E-state index in [1.54, 1.807) is 7.11 Å². The lowest BCUT2D eigenvalue weighted by Crippen LogP contribution is -2.28. The first-order valence-corrected chi connectivity index (χ1v) is 3.53. The Hall–Kier alpha value is -0.590. The van der Waals surface area contributed by atoms with Crippen molar-refractivity contribution in [2.75, 3.05) is 14.2 Å². The van der Waals surface area contributed by atoms with Gasteiger partial charge in [0, 0.05) is 20.6 Å². The van der Waals surface area contributed by atoms with Crippen LogP contribution >= 0.6 is 0 Å². The van der Waals surface area contributed by atoms with Crippen molar-refractivity contribution in [2.45, 2.75) is 32.0 Å². The van der Waals surface area contributed by atoms with E-state index in [0.29, 0.717) is 6.42 Å². The Morgan fingerprint density at radius 2 is 2.00 bits per heavy atom. The monoisotopic (exact) mass is 157 g/mol. The van der Waals surface area contributed by atoms with Gasteiger partial charge in [-0.25, -0.2) is 0 Å². The summed E-state index contributed by atoms with van der Waals surface area (Å²) in [5.41, 5.74) is -0.281. The van der Waals surface area contributed by atoms with E-state index in [1.807, 2.05) is 19.9 Å². The lowest BCUT2D eigenvalue weighted by Gasteiger charge is -2.24. The van der Waals surface area contributed by atoms with Crippen LogP contribution in [-0.2, 0) is 9.47 Å². The highest BCUT2D eigenvalue weighted by molar-refractivity contribution is 4.88. The molecule has 1 unspecified atom stereocenters. The molecule has 0 fully saturated rings. The molecule has 0 radical (unpaired) electrons. The van der Waals surface area contributed by atoms with Crippen LogP contribution in [0.15, 0.2) is 0 Å². The zero-order valence-corrected chi connectivity index (χ0v) is 7.55. The van der Waals surface area contributed by atoms with Gasteiger partial charge in [-0.15, -0.1) is 0 Å². The number of methoxy groups -OCH3 is 2. The van der Waals surface area contributed by atoms with Crippen molar-refractivity contribution in [3.63, 3.8) is 0 Å². The van der Waals surface area contributed by atoms with Gasteiger partial charge in [0.2, 0.25) is 0 Å². The maximum absolute atomic E-state index is 8.55. The van der Waals surface area contributed by atoms with Crippen LogP contribution in [0.2, 0.25) is 0 Å². The van der Waals surface area contributed by atoms with Crippen molar-refractivity contribution in [1.82, 2.24) is 0 Å². The summed E-state index contributed by atoms with van der Waals surface area (Å²) in [5, 5.41) is 8.55. The lowest BCUT2D eigenvalue weighted by atomic mass is 10.0. The van der Waals surface area contributed by atoms with Crippen molar-refractivity contribution in [3.05, 3.63) is 0 Å². The number of nitriles is 1. The molecule has 11 heavy (non-hydrogen) atoms. The highest BCUT2D eigenvalue weighted by Gasteiger charge is 2.22. The first-order chi connectivity index (χ1) is 5.05. The van der Waals surface area contributed by atoms with Gasteiger partial charge in [-0.05, 0) is 13.8 Å². The Morgan fingerprint density at radius 1 is 1.45 bits per heavy atom. The number of nitrogens with zero attached hydrogens (tertiary/aromatic N) is 1. The minimum atomic E-state index is -0.370. The third-order valence-corrected chi connectivity index (χ3v) is 1.66. The summed E-state index contributed by atoms with van der Waals surface area (Å²) in [6, 6.07) is 2.04. The predicted molar refractivity (Wildman–Crippen MR) is 42.1 cm³/mol. The van der Waals surface area contributed by atoms with E-state index in [-0.39, 0.29) is 11.7 Å². The summed E-state index contributed by atoms with van der Waals surface area (Å²) < 4.78 is 10.0. The molecule has 0 aromatic carbocycles. The molecule has 0 N–H and O–H groups in total. The fourth-order valence-electron chi connectivity index (χ4n) is 0.711. The van der Waals surface area contributed by atoms with Gasteiger partial charge >= 0.3 is 0 Å². The van der Waals surface area contributed by atoms with Crippen molar-refractivity contribution >= 4 is 0 Å². The Bertz CT molecular complexity index is 149. The van der Waals surface area contributed by atoms with Crippen molar-refractivity contribution in [2.24, 2.45) is 0 Å². The second-order valence-electron chi connectivity index (χ2n) is 3.02. The molecule has 64 valence electrons. The molecule has 0 rings (SSSR count). The van der Waals surface area contributed by atoms with Crippen LogP contribution in [0.3, 0.4) is 0 Å². The van der Waals surface area contributed by atoms with Crippen LogP contribution in [0.4, 0.5) is 0 Å². The molecule has 0 saturated carbocycles. The Labute approximate surface area is 67.9 Å². The van der Waals surface area contributed by atoms with Crippen molar-refractivity contribution < 1.29 is 9.47 Å². The molecule has 0 aliphatic heterocycles. The average molecular weight is 157 g/mol. The third-order valence-electron chi connectivity index (χ3n) is 1.66. The minimum absolute atomic E-state index is 0.281. The second-order valence-corrected chi connectivity index (χ2v) is 3.02. The largest absolute Gasteiger partial charge is 0.379 e. The van der Waals surface area contributed by atoms with E-state index in [0.717, 1.165) is 0 Å². The summed E-state index contributed by atoms with van der Waals surface area (Å²) in [5.74, 6) is 0. The van der Waals surface area contributed by atoms with Crippen molar-refractivity contribution in [1.29, 1.82) is 5.26 Å². The van der Waals surface area contributed by atoms with Gasteiger partial charge in [0.05, 0.1) is 11.7 Å². The van der Waals surface area contributed by atoms with Crippen LogP contribution in [0, 0.1) is 11.3 Å². The van der Waals surface area contributed by atoms with Crippen LogP contribution in [0.1, 0.15) is 20.3 Å². The second kappa shape index (κ2) is 4.32. The minimum Gasteiger partial charge on any atom is -0.379 e. The summed E-state index contributed by atoms with van der Waals surface area (Å²) >= 11 is 0. The molecule has 0 aliphatic rings. The summed E-state index contributed by atoms with van der Waals surface area (Å²) in [6.45, 7) is 3.85. The number of hydrogen-bond acceptors (Lipinski definition) is 3. The number of ether oxygens (including phenoxy) is 2. The maximum atomic E-state index is 8.55. The highest BCUT2D eigenvalue weighted by Crippen LogP contribution is 2.16. The highest BCUT2D eigenvalue weighted by atomic mass is 16.5. The van der Waals surface area contributed by atoms with Crippen LogP contribution < -0.4 is 0 Å². The molecule has 0 aromatic heterocycles. The molecular formula is C8H15NO2.